The second kappa shape index (κ2) is 13.0. The first kappa shape index (κ1) is 27.1. The number of esters is 1. The number of benzene rings is 3. The zero-order chi connectivity index (χ0) is 26.8. The van der Waals surface area contributed by atoms with Crippen molar-refractivity contribution in [1.82, 2.24) is 0 Å². The number of hydrogen-bond acceptors (Lipinski definition) is 8. The van der Waals surface area contributed by atoms with E-state index in [0.29, 0.717) is 23.8 Å². The smallest absolute Gasteiger partial charge is 0.343 e. The molecule has 8 nitrogen and oxygen atoms in total. The van der Waals surface area contributed by atoms with Gasteiger partial charge in [0.15, 0.2) is 11.6 Å². The third kappa shape index (κ3) is 7.00. The number of ether oxygens (including phenoxy) is 5. The summed E-state index contributed by atoms with van der Waals surface area (Å²) in [4.78, 5) is 17.0. The molecule has 3 aromatic carbocycles. The summed E-state index contributed by atoms with van der Waals surface area (Å²) in [5.74, 6) is -1.22. The maximum absolute atomic E-state index is 14.4. The van der Waals surface area contributed by atoms with Gasteiger partial charge in [0.1, 0.15) is 35.2 Å². The zero-order valence-corrected chi connectivity index (χ0v) is 21.0. The van der Waals surface area contributed by atoms with Crippen molar-refractivity contribution >= 4 is 23.6 Å². The van der Waals surface area contributed by atoms with Crippen LogP contribution in [0.15, 0.2) is 71.2 Å². The molecule has 0 heterocycles. The van der Waals surface area contributed by atoms with E-state index < -0.39 is 17.5 Å². The van der Waals surface area contributed by atoms with Crippen molar-refractivity contribution in [2.45, 2.75) is 13.5 Å². The Morgan fingerprint density at radius 3 is 2.30 bits per heavy atom. The Morgan fingerprint density at radius 1 is 0.946 bits per heavy atom. The third-order valence-corrected chi connectivity index (χ3v) is 5.17. The first-order valence-electron chi connectivity index (χ1n) is 11.3. The van der Waals surface area contributed by atoms with Gasteiger partial charge in [0.05, 0.1) is 39.2 Å². The molecule has 0 spiro atoms. The second-order valence-corrected chi connectivity index (χ2v) is 7.57. The van der Waals surface area contributed by atoms with Gasteiger partial charge in [-0.3, -0.25) is 4.99 Å². The normalized spacial score (nSPS) is 11.6. The van der Waals surface area contributed by atoms with E-state index in [1.807, 2.05) is 30.3 Å². The van der Waals surface area contributed by atoms with E-state index in [2.05, 4.69) is 4.99 Å². The Hall–Kier alpha value is -4.53. The highest BCUT2D eigenvalue weighted by Gasteiger charge is 2.21. The van der Waals surface area contributed by atoms with E-state index in [1.54, 1.807) is 25.1 Å². The lowest BCUT2D eigenvalue weighted by atomic mass is 10.1. The Labute approximate surface area is 214 Å². The monoisotopic (exact) mass is 509 g/mol. The third-order valence-electron chi connectivity index (χ3n) is 5.17. The van der Waals surface area contributed by atoms with Crippen LogP contribution < -0.4 is 18.9 Å². The molecule has 0 atom stereocenters. The molecule has 3 aromatic rings. The molecule has 1 N–H and O–H groups in total. The highest BCUT2D eigenvalue weighted by molar-refractivity contribution is 6.15. The molecule has 0 aliphatic rings. The van der Waals surface area contributed by atoms with Gasteiger partial charge in [-0.2, -0.15) is 0 Å². The fourth-order valence-corrected chi connectivity index (χ4v) is 3.32. The molecule has 0 aromatic heterocycles. The van der Waals surface area contributed by atoms with E-state index in [-0.39, 0.29) is 29.2 Å². The fraction of sp³-hybridized carbons (Fsp3) is 0.214. The number of hydrogen-bond donors (Lipinski definition) is 1. The van der Waals surface area contributed by atoms with Gasteiger partial charge in [-0.15, -0.1) is 0 Å². The quantitative estimate of drug-likeness (QED) is 0.154. The summed E-state index contributed by atoms with van der Waals surface area (Å²) in [5, 5.41) is 11.0. The van der Waals surface area contributed by atoms with Crippen LogP contribution in [0.1, 0.15) is 18.1 Å². The topological polar surface area (TPSA) is 95.8 Å². The Morgan fingerprint density at radius 2 is 1.65 bits per heavy atom. The van der Waals surface area contributed by atoms with Gasteiger partial charge in [0, 0.05) is 30.5 Å². The molecule has 37 heavy (non-hydrogen) atoms. The van der Waals surface area contributed by atoms with Crippen LogP contribution in [-0.4, -0.2) is 45.2 Å². The van der Waals surface area contributed by atoms with Gasteiger partial charge >= 0.3 is 5.97 Å². The fourth-order valence-electron chi connectivity index (χ4n) is 3.32. The van der Waals surface area contributed by atoms with Crippen molar-refractivity contribution in [2.24, 2.45) is 4.99 Å². The van der Waals surface area contributed by atoms with Crippen molar-refractivity contribution in [3.63, 3.8) is 0 Å². The SMILES string of the molecule is CCOC(=O)C(C=Nc1cc(OC)cc(OCc2ccccc2)c1)=C(O)c1cc(F)c(OC)cc1OC. The number of aliphatic hydroxyl groups excluding tert-OH is 1. The van der Waals surface area contributed by atoms with Crippen LogP contribution in [0.2, 0.25) is 0 Å². The van der Waals surface area contributed by atoms with Gasteiger partial charge in [-0.25, -0.2) is 9.18 Å². The molecule has 0 aliphatic carbocycles. The number of aliphatic imine (C=N–C) groups is 1. The minimum Gasteiger partial charge on any atom is -0.506 e. The second-order valence-electron chi connectivity index (χ2n) is 7.57. The maximum atomic E-state index is 14.4. The van der Waals surface area contributed by atoms with Crippen molar-refractivity contribution in [3.05, 3.63) is 83.2 Å². The van der Waals surface area contributed by atoms with E-state index >= 15 is 0 Å². The number of nitrogens with zero attached hydrogens (tertiary/aromatic N) is 1. The van der Waals surface area contributed by atoms with Crippen LogP contribution in [0.25, 0.3) is 5.76 Å². The maximum Gasteiger partial charge on any atom is 0.343 e. The van der Waals surface area contributed by atoms with Crippen LogP contribution in [0.3, 0.4) is 0 Å². The molecule has 0 fully saturated rings. The average molecular weight is 510 g/mol. The van der Waals surface area contributed by atoms with Gasteiger partial charge in [-0.05, 0) is 18.6 Å². The molecule has 3 rings (SSSR count). The number of aliphatic hydroxyl groups is 1. The highest BCUT2D eigenvalue weighted by Crippen LogP contribution is 2.33. The Balaban J connectivity index is 2.00. The molecule has 0 saturated carbocycles. The lowest BCUT2D eigenvalue weighted by Gasteiger charge is -2.13. The zero-order valence-electron chi connectivity index (χ0n) is 21.0. The number of rotatable bonds is 11. The molecular weight excluding hydrogens is 481 g/mol. The van der Waals surface area contributed by atoms with Crippen LogP contribution in [-0.2, 0) is 16.1 Å². The highest BCUT2D eigenvalue weighted by atomic mass is 19.1. The lowest BCUT2D eigenvalue weighted by Crippen LogP contribution is -2.12. The molecule has 0 bridgehead atoms. The number of carbonyl (C=O) groups excluding carboxylic acids is 1. The number of halogens is 1. The van der Waals surface area contributed by atoms with Gasteiger partial charge in [0.25, 0.3) is 0 Å². The average Bonchev–Trinajstić information content (AvgIpc) is 2.92. The predicted octanol–water partition coefficient (Wildman–Crippen LogP) is 5.67. The molecule has 0 aliphatic heterocycles. The minimum atomic E-state index is -0.856. The van der Waals surface area contributed by atoms with Gasteiger partial charge in [0.2, 0.25) is 0 Å². The molecule has 194 valence electrons. The molecule has 0 saturated heterocycles. The molecule has 0 unspecified atom stereocenters. The molecular formula is C28H28FNO7. The summed E-state index contributed by atoms with van der Waals surface area (Å²) in [6.45, 7) is 2.00. The van der Waals surface area contributed by atoms with Gasteiger partial charge < -0.3 is 28.8 Å². The van der Waals surface area contributed by atoms with Crippen molar-refractivity contribution in [3.8, 4) is 23.0 Å². The van der Waals surface area contributed by atoms with E-state index in [0.717, 1.165) is 17.8 Å². The van der Waals surface area contributed by atoms with Gasteiger partial charge in [-0.1, -0.05) is 30.3 Å². The first-order chi connectivity index (χ1) is 17.9. The molecule has 0 radical (unpaired) electrons. The van der Waals surface area contributed by atoms with Crippen molar-refractivity contribution in [2.75, 3.05) is 27.9 Å². The summed E-state index contributed by atoms with van der Waals surface area (Å²) in [7, 11) is 4.15. The first-order valence-corrected chi connectivity index (χ1v) is 11.3. The summed E-state index contributed by atoms with van der Waals surface area (Å²) in [6, 6.07) is 16.9. The minimum absolute atomic E-state index is 0.0498. The number of methoxy groups -OCH3 is 3. The Kier molecular flexibility index (Phi) is 9.48. The molecule has 0 amide bonds. The molecule has 9 heteroatoms. The van der Waals surface area contributed by atoms with Crippen molar-refractivity contribution in [1.29, 1.82) is 0 Å². The van der Waals surface area contributed by atoms with Crippen LogP contribution in [0.5, 0.6) is 23.0 Å². The Bertz CT molecular complexity index is 1290. The largest absolute Gasteiger partial charge is 0.506 e. The standard InChI is InChI=1S/C28H28FNO7/c1-5-36-28(32)23(27(31)22-14-24(29)26(35-4)15-25(22)34-3)16-30-19-11-20(33-2)13-21(12-19)37-17-18-9-7-6-8-10-18/h6-16,31H,5,17H2,1-4H3. The van der Waals surface area contributed by atoms with Crippen LogP contribution in [0.4, 0.5) is 10.1 Å². The summed E-state index contributed by atoms with van der Waals surface area (Å²) in [5.41, 5.74) is 0.977. The summed E-state index contributed by atoms with van der Waals surface area (Å²) < 4.78 is 40.9. The summed E-state index contributed by atoms with van der Waals surface area (Å²) >= 11 is 0. The van der Waals surface area contributed by atoms with E-state index in [9.17, 15) is 14.3 Å². The van der Waals surface area contributed by atoms with Crippen LogP contribution in [0, 0.1) is 5.82 Å². The lowest BCUT2D eigenvalue weighted by molar-refractivity contribution is -0.137. The summed E-state index contributed by atoms with van der Waals surface area (Å²) in [6.07, 6.45) is 1.13. The predicted molar refractivity (Wildman–Crippen MR) is 138 cm³/mol. The van der Waals surface area contributed by atoms with Crippen molar-refractivity contribution < 1.29 is 38.0 Å². The van der Waals surface area contributed by atoms with E-state index in [4.69, 9.17) is 23.7 Å². The van der Waals surface area contributed by atoms with Crippen LogP contribution >= 0.6 is 0 Å². The number of carbonyl (C=O) groups is 1. The van der Waals surface area contributed by atoms with E-state index in [1.165, 1.54) is 27.4 Å².